The standard InChI is InChI=1S/C8H9NO2S/c1-6-2-4-9-7-3-5-12(10,11)8(6)7/h2,4H,3,5H2,1H3. The maximum absolute atomic E-state index is 11.4. The Morgan fingerprint density at radius 2 is 2.25 bits per heavy atom. The van der Waals surface area contributed by atoms with E-state index in [4.69, 9.17) is 0 Å². The molecule has 0 aliphatic carbocycles. The molecule has 0 bridgehead atoms. The largest absolute Gasteiger partial charge is 0.260 e. The highest BCUT2D eigenvalue weighted by molar-refractivity contribution is 7.91. The van der Waals surface area contributed by atoms with E-state index in [1.165, 1.54) is 0 Å². The number of pyridine rings is 1. The van der Waals surface area contributed by atoms with E-state index >= 15 is 0 Å². The van der Waals surface area contributed by atoms with Crippen LogP contribution in [0.2, 0.25) is 0 Å². The van der Waals surface area contributed by atoms with Crippen molar-refractivity contribution in [3.05, 3.63) is 23.5 Å². The summed E-state index contributed by atoms with van der Waals surface area (Å²) in [5.74, 6) is 0.222. The third-order valence-corrected chi connectivity index (χ3v) is 4.01. The Bertz CT molecular complexity index is 423. The lowest BCUT2D eigenvalue weighted by Crippen LogP contribution is -2.00. The Kier molecular flexibility index (Phi) is 1.48. The number of rotatable bonds is 0. The molecule has 1 aliphatic heterocycles. The minimum absolute atomic E-state index is 0.222. The summed E-state index contributed by atoms with van der Waals surface area (Å²) in [5, 5.41) is 0. The van der Waals surface area contributed by atoms with Gasteiger partial charge in [0.2, 0.25) is 0 Å². The molecular formula is C8H9NO2S. The van der Waals surface area contributed by atoms with Gasteiger partial charge in [-0.3, -0.25) is 4.98 Å². The monoisotopic (exact) mass is 183 g/mol. The molecule has 0 saturated carbocycles. The van der Waals surface area contributed by atoms with E-state index in [9.17, 15) is 8.42 Å². The van der Waals surface area contributed by atoms with Crippen molar-refractivity contribution in [3.8, 4) is 0 Å². The van der Waals surface area contributed by atoms with Crippen LogP contribution in [0, 0.1) is 6.92 Å². The zero-order chi connectivity index (χ0) is 8.77. The highest BCUT2D eigenvalue weighted by Crippen LogP contribution is 2.26. The summed E-state index contributed by atoms with van der Waals surface area (Å²) in [4.78, 5) is 4.50. The summed E-state index contributed by atoms with van der Waals surface area (Å²) >= 11 is 0. The second kappa shape index (κ2) is 2.29. The molecule has 12 heavy (non-hydrogen) atoms. The molecule has 0 radical (unpaired) electrons. The smallest absolute Gasteiger partial charge is 0.180 e. The molecule has 0 fully saturated rings. The van der Waals surface area contributed by atoms with Crippen LogP contribution in [0.3, 0.4) is 0 Å². The zero-order valence-corrected chi connectivity index (χ0v) is 7.56. The lowest BCUT2D eigenvalue weighted by molar-refractivity contribution is 0.599. The first-order chi connectivity index (χ1) is 5.61. The van der Waals surface area contributed by atoms with Gasteiger partial charge in [0, 0.05) is 12.6 Å². The van der Waals surface area contributed by atoms with Gasteiger partial charge in [-0.1, -0.05) is 0 Å². The molecule has 0 N–H and O–H groups in total. The van der Waals surface area contributed by atoms with Gasteiger partial charge in [-0.2, -0.15) is 0 Å². The van der Waals surface area contributed by atoms with Gasteiger partial charge in [0.1, 0.15) is 0 Å². The van der Waals surface area contributed by atoms with Crippen LogP contribution in [0.25, 0.3) is 0 Å². The predicted molar refractivity (Wildman–Crippen MR) is 44.7 cm³/mol. The van der Waals surface area contributed by atoms with E-state index < -0.39 is 9.84 Å². The van der Waals surface area contributed by atoms with Crippen molar-refractivity contribution in [1.29, 1.82) is 0 Å². The van der Waals surface area contributed by atoms with E-state index in [1.807, 2.05) is 6.92 Å². The number of sulfone groups is 1. The molecule has 1 aromatic heterocycles. The normalized spacial score (nSPS) is 19.1. The second-order valence-electron chi connectivity index (χ2n) is 2.97. The van der Waals surface area contributed by atoms with Crippen LogP contribution in [0.4, 0.5) is 0 Å². The Hall–Kier alpha value is -0.900. The van der Waals surface area contributed by atoms with Gasteiger partial charge in [0.25, 0.3) is 0 Å². The van der Waals surface area contributed by atoms with E-state index in [-0.39, 0.29) is 5.75 Å². The number of hydrogen-bond donors (Lipinski definition) is 0. The van der Waals surface area contributed by atoms with E-state index in [2.05, 4.69) is 4.98 Å². The van der Waals surface area contributed by atoms with Crippen molar-refractivity contribution in [2.45, 2.75) is 18.2 Å². The SMILES string of the molecule is Cc1ccnc2c1S(=O)(=O)CC2. The van der Waals surface area contributed by atoms with Crippen molar-refractivity contribution in [1.82, 2.24) is 4.98 Å². The fourth-order valence-corrected chi connectivity index (χ4v) is 3.28. The molecule has 2 heterocycles. The zero-order valence-electron chi connectivity index (χ0n) is 6.74. The molecule has 0 amide bonds. The van der Waals surface area contributed by atoms with E-state index in [0.717, 1.165) is 11.3 Å². The fraction of sp³-hybridized carbons (Fsp3) is 0.375. The molecule has 0 atom stereocenters. The van der Waals surface area contributed by atoms with Crippen molar-refractivity contribution in [2.75, 3.05) is 5.75 Å². The molecule has 0 aromatic carbocycles. The summed E-state index contributed by atoms with van der Waals surface area (Å²) in [5.41, 5.74) is 1.55. The van der Waals surface area contributed by atoms with E-state index in [0.29, 0.717) is 11.3 Å². The highest BCUT2D eigenvalue weighted by atomic mass is 32.2. The summed E-state index contributed by atoms with van der Waals surface area (Å²) in [6, 6.07) is 1.74. The fourth-order valence-electron chi connectivity index (χ4n) is 1.54. The third-order valence-electron chi connectivity index (χ3n) is 2.09. The minimum Gasteiger partial charge on any atom is -0.260 e. The average molecular weight is 183 g/mol. The molecule has 0 saturated heterocycles. The van der Waals surface area contributed by atoms with Gasteiger partial charge in [0.15, 0.2) is 9.84 Å². The summed E-state index contributed by atoms with van der Waals surface area (Å²) < 4.78 is 22.9. The molecule has 1 aromatic rings. The van der Waals surface area contributed by atoms with Crippen molar-refractivity contribution < 1.29 is 8.42 Å². The molecular weight excluding hydrogens is 174 g/mol. The number of aromatic nitrogens is 1. The predicted octanol–water partition coefficient (Wildman–Crippen LogP) is 0.720. The lowest BCUT2D eigenvalue weighted by atomic mass is 10.2. The molecule has 0 unspecified atom stereocenters. The first kappa shape index (κ1) is 7.73. The second-order valence-corrected chi connectivity index (χ2v) is 5.02. The summed E-state index contributed by atoms with van der Waals surface area (Å²) in [6.07, 6.45) is 2.23. The first-order valence-corrected chi connectivity index (χ1v) is 5.44. The maximum atomic E-state index is 11.4. The topological polar surface area (TPSA) is 47.0 Å². The van der Waals surface area contributed by atoms with Gasteiger partial charge < -0.3 is 0 Å². The molecule has 2 rings (SSSR count). The number of fused-ring (bicyclic) bond motifs is 1. The Labute approximate surface area is 71.4 Å². The lowest BCUT2D eigenvalue weighted by Gasteiger charge is -2.00. The molecule has 1 aliphatic rings. The molecule has 0 spiro atoms. The molecule has 3 nitrogen and oxygen atoms in total. The Morgan fingerprint density at radius 1 is 1.50 bits per heavy atom. The van der Waals surface area contributed by atoms with Crippen LogP contribution in [-0.4, -0.2) is 19.2 Å². The van der Waals surface area contributed by atoms with Crippen molar-refractivity contribution >= 4 is 9.84 Å². The van der Waals surface area contributed by atoms with E-state index in [1.54, 1.807) is 12.3 Å². The van der Waals surface area contributed by atoms with Crippen molar-refractivity contribution in [3.63, 3.8) is 0 Å². The van der Waals surface area contributed by atoms with Crippen LogP contribution in [0.15, 0.2) is 17.2 Å². The van der Waals surface area contributed by atoms with Gasteiger partial charge in [-0.05, 0) is 18.6 Å². The molecule has 64 valence electrons. The van der Waals surface area contributed by atoms with Crippen LogP contribution >= 0.6 is 0 Å². The number of aryl methyl sites for hydroxylation is 2. The molecule has 4 heteroatoms. The number of hydrogen-bond acceptors (Lipinski definition) is 3. The third kappa shape index (κ3) is 0.948. The van der Waals surface area contributed by atoms with Gasteiger partial charge in [-0.15, -0.1) is 0 Å². The minimum atomic E-state index is -3.00. The summed E-state index contributed by atoms with van der Waals surface area (Å²) in [7, 11) is -3.00. The average Bonchev–Trinajstić information content (AvgIpc) is 2.29. The van der Waals surface area contributed by atoms with Gasteiger partial charge in [-0.25, -0.2) is 8.42 Å². The Balaban J connectivity index is 2.81. The van der Waals surface area contributed by atoms with Crippen molar-refractivity contribution in [2.24, 2.45) is 0 Å². The quantitative estimate of drug-likeness (QED) is 0.595. The van der Waals surface area contributed by atoms with Gasteiger partial charge in [0.05, 0.1) is 16.3 Å². The van der Waals surface area contributed by atoms with Crippen LogP contribution < -0.4 is 0 Å². The Morgan fingerprint density at radius 3 is 2.92 bits per heavy atom. The first-order valence-electron chi connectivity index (χ1n) is 3.78. The van der Waals surface area contributed by atoms with Crippen LogP contribution in [-0.2, 0) is 16.3 Å². The van der Waals surface area contributed by atoms with Gasteiger partial charge >= 0.3 is 0 Å². The highest BCUT2D eigenvalue weighted by Gasteiger charge is 2.28. The van der Waals surface area contributed by atoms with Crippen LogP contribution in [0.5, 0.6) is 0 Å². The number of nitrogens with zero attached hydrogens (tertiary/aromatic N) is 1. The maximum Gasteiger partial charge on any atom is 0.180 e. The summed E-state index contributed by atoms with van der Waals surface area (Å²) in [6.45, 7) is 1.81. The van der Waals surface area contributed by atoms with Crippen LogP contribution in [0.1, 0.15) is 11.3 Å².